The second kappa shape index (κ2) is 2.76. The number of nitrogens with zero attached hydrogens (tertiary/aromatic N) is 2. The Hall–Kier alpha value is -0.0800. The van der Waals surface area contributed by atoms with Gasteiger partial charge in [0.2, 0.25) is 0 Å². The van der Waals surface area contributed by atoms with Crippen LogP contribution in [0.5, 0.6) is 0 Å². The first-order chi connectivity index (χ1) is 7.68. The van der Waals surface area contributed by atoms with E-state index >= 15 is 0 Å². The van der Waals surface area contributed by atoms with Crippen LogP contribution in [-0.2, 0) is 0 Å². The van der Waals surface area contributed by atoms with Crippen LogP contribution in [0.2, 0.25) is 0 Å². The lowest BCUT2D eigenvalue weighted by Gasteiger charge is -2.49. The fourth-order valence-electron chi connectivity index (χ4n) is 1.01. The highest BCUT2D eigenvalue weighted by atomic mass is 15.3. The summed E-state index contributed by atoms with van der Waals surface area (Å²) in [4.78, 5) is 2.26. The summed E-state index contributed by atoms with van der Waals surface area (Å²) < 4.78 is 52.0. The van der Waals surface area contributed by atoms with Gasteiger partial charge in [0.1, 0.15) is 0 Å². The van der Waals surface area contributed by atoms with Crippen LogP contribution in [0.25, 0.3) is 0 Å². The number of likely N-dealkylation sites (tertiary alicyclic amines) is 1. The van der Waals surface area contributed by atoms with Crippen molar-refractivity contribution in [2.45, 2.75) is 32.3 Å². The van der Waals surface area contributed by atoms with Crippen molar-refractivity contribution in [3.63, 3.8) is 0 Å². The molecule has 0 aromatic rings. The maximum atomic E-state index is 8.10. The zero-order valence-electron chi connectivity index (χ0n) is 14.3. The Morgan fingerprint density at radius 1 is 1.45 bits per heavy atom. The van der Waals surface area contributed by atoms with Gasteiger partial charge in [-0.3, -0.25) is 4.90 Å². The molecule has 2 heteroatoms. The molecule has 0 spiro atoms. The van der Waals surface area contributed by atoms with E-state index in [0.717, 1.165) is 0 Å². The van der Waals surface area contributed by atoms with Gasteiger partial charge in [-0.25, -0.2) is 0 Å². The van der Waals surface area contributed by atoms with Crippen LogP contribution in [0.15, 0.2) is 0 Å². The maximum absolute atomic E-state index is 8.10. The van der Waals surface area contributed by atoms with Crippen molar-refractivity contribution < 1.29 is 9.60 Å². The largest absolute Gasteiger partial charge is 0.304 e. The fourth-order valence-corrected chi connectivity index (χ4v) is 1.01. The van der Waals surface area contributed by atoms with E-state index in [-0.39, 0.29) is 18.6 Å². The molecular weight excluding hydrogens is 136 g/mol. The molecule has 66 valence electrons. The van der Waals surface area contributed by atoms with Crippen molar-refractivity contribution in [3.05, 3.63) is 0 Å². The van der Waals surface area contributed by atoms with Gasteiger partial charge in [0.15, 0.2) is 0 Å². The monoisotopic (exact) mass is 163 g/mol. The lowest BCUT2D eigenvalue weighted by Crippen LogP contribution is -2.63. The Labute approximate surface area is 80.0 Å². The predicted molar refractivity (Wildman–Crippen MR) is 48.8 cm³/mol. The molecule has 1 fully saturated rings. The molecule has 1 saturated heterocycles. The van der Waals surface area contributed by atoms with Gasteiger partial charge < -0.3 is 4.90 Å². The summed E-state index contributed by atoms with van der Waals surface area (Å²) in [6.07, 6.45) is 0. The third-order valence-electron chi connectivity index (χ3n) is 2.01. The van der Waals surface area contributed by atoms with Crippen LogP contribution in [0.4, 0.5) is 0 Å². The average molecular weight is 163 g/mol. The number of rotatable bonds is 1. The number of hydrogen-bond acceptors (Lipinski definition) is 2. The molecule has 0 aromatic carbocycles. The van der Waals surface area contributed by atoms with E-state index in [0.29, 0.717) is 4.90 Å². The van der Waals surface area contributed by atoms with Crippen molar-refractivity contribution in [3.8, 4) is 0 Å². The lowest BCUT2D eigenvalue weighted by molar-refractivity contribution is -0.00401. The van der Waals surface area contributed by atoms with E-state index in [4.69, 9.17) is 9.60 Å². The Bertz CT molecular complexity index is 294. The van der Waals surface area contributed by atoms with E-state index in [1.54, 1.807) is 0 Å². The molecular formula is C9H20N2. The van der Waals surface area contributed by atoms with Gasteiger partial charge in [-0.15, -0.1) is 0 Å². The quantitative estimate of drug-likeness (QED) is 0.570. The van der Waals surface area contributed by atoms with Gasteiger partial charge in [0.25, 0.3) is 0 Å². The van der Waals surface area contributed by atoms with E-state index in [2.05, 4.69) is 0 Å². The van der Waals surface area contributed by atoms with Gasteiger partial charge in [-0.2, -0.15) is 0 Å². The predicted octanol–water partition coefficient (Wildman–Crippen LogP) is 1.03. The summed E-state index contributed by atoms with van der Waals surface area (Å²) in [6, 6.07) is -1.58. The highest BCUT2D eigenvalue weighted by Crippen LogP contribution is 2.22. The van der Waals surface area contributed by atoms with Crippen LogP contribution >= 0.6 is 0 Å². The Balaban J connectivity index is 2.92. The summed E-state index contributed by atoms with van der Waals surface area (Å²) in [6.45, 7) is 0.485. The Morgan fingerprint density at radius 2 is 2.00 bits per heavy atom. The van der Waals surface area contributed by atoms with Crippen molar-refractivity contribution in [1.82, 2.24) is 9.80 Å². The molecule has 0 aromatic heterocycles. The topological polar surface area (TPSA) is 6.48 Å². The molecule has 0 amide bonds. The molecule has 0 saturated carbocycles. The first-order valence-corrected chi connectivity index (χ1v) is 3.73. The van der Waals surface area contributed by atoms with Crippen LogP contribution < -0.4 is 0 Å². The van der Waals surface area contributed by atoms with Crippen molar-refractivity contribution in [2.24, 2.45) is 0 Å². The zero-order valence-corrected chi connectivity index (χ0v) is 7.31. The van der Waals surface area contributed by atoms with Crippen LogP contribution in [0.3, 0.4) is 0 Å². The molecule has 2 nitrogen and oxygen atoms in total. The Kier molecular flexibility index (Phi) is 0.839. The molecule has 1 rings (SSSR count). The zero-order chi connectivity index (χ0) is 14.6. The third-order valence-corrected chi connectivity index (χ3v) is 2.01. The third kappa shape index (κ3) is 1.94. The van der Waals surface area contributed by atoms with E-state index in [1.807, 2.05) is 25.7 Å². The van der Waals surface area contributed by atoms with Gasteiger partial charge in [0.05, 0.1) is 0 Å². The maximum Gasteiger partial charge on any atom is 0.0494 e. The second-order valence-electron chi connectivity index (χ2n) is 3.93. The summed E-state index contributed by atoms with van der Waals surface area (Å²) in [7, 11) is 0. The van der Waals surface area contributed by atoms with Crippen LogP contribution in [0.1, 0.15) is 30.4 Å². The molecule has 11 heavy (non-hydrogen) atoms. The molecule has 0 bridgehead atoms. The van der Waals surface area contributed by atoms with E-state index in [1.165, 1.54) is 0 Å². The minimum absolute atomic E-state index is 0.118. The van der Waals surface area contributed by atoms with E-state index < -0.39 is 20.0 Å². The van der Waals surface area contributed by atoms with Crippen LogP contribution in [0, 0.1) is 0 Å². The summed E-state index contributed by atoms with van der Waals surface area (Å²) in [5.41, 5.74) is -0.195. The highest BCUT2D eigenvalue weighted by Gasteiger charge is 2.34. The first kappa shape index (κ1) is 3.35. The summed E-state index contributed by atoms with van der Waals surface area (Å²) >= 11 is 0. The summed E-state index contributed by atoms with van der Waals surface area (Å²) in [5, 5.41) is 0. The van der Waals surface area contributed by atoms with Crippen molar-refractivity contribution >= 4 is 0 Å². The van der Waals surface area contributed by atoms with Gasteiger partial charge >= 0.3 is 0 Å². The molecule has 0 radical (unpaired) electrons. The molecule has 1 heterocycles. The molecule has 1 aliphatic rings. The van der Waals surface area contributed by atoms with Crippen molar-refractivity contribution in [1.29, 1.82) is 0 Å². The minimum atomic E-state index is -2.79. The molecule has 0 aliphatic carbocycles. The normalized spacial score (nSPS) is 36.9. The SMILES string of the molecule is [2H]C([2H])([2H])N(C([2H])([2H])[2H])C1([2H])CN(C(C)(C)C)C1. The van der Waals surface area contributed by atoms with Gasteiger partial charge in [0, 0.05) is 34.2 Å². The van der Waals surface area contributed by atoms with Crippen molar-refractivity contribution in [2.75, 3.05) is 27.0 Å². The molecule has 0 unspecified atom stereocenters. The smallest absolute Gasteiger partial charge is 0.0494 e. The van der Waals surface area contributed by atoms with Gasteiger partial charge in [-0.1, -0.05) is 0 Å². The molecule has 0 N–H and O–H groups in total. The number of likely N-dealkylation sites (N-methyl/N-ethyl adjacent to an activating group) is 1. The minimum Gasteiger partial charge on any atom is -0.304 e. The second-order valence-corrected chi connectivity index (χ2v) is 3.93. The molecule has 0 atom stereocenters. The van der Waals surface area contributed by atoms with Crippen LogP contribution in [-0.4, -0.2) is 48.4 Å². The van der Waals surface area contributed by atoms with E-state index in [9.17, 15) is 0 Å². The first-order valence-electron chi connectivity index (χ1n) is 7.23. The summed E-state index contributed by atoms with van der Waals surface area (Å²) in [5.74, 6) is 0. The highest BCUT2D eigenvalue weighted by molar-refractivity contribution is 4.92. The van der Waals surface area contributed by atoms with Gasteiger partial charge in [-0.05, 0) is 34.7 Å². The Morgan fingerprint density at radius 3 is 2.36 bits per heavy atom. The fraction of sp³-hybridized carbons (Fsp3) is 1.00. The lowest BCUT2D eigenvalue weighted by atomic mass is 9.97. The standard InChI is InChI=1S/C9H20N2/c1-9(2,3)11-6-8(7-11)10(4)5/h8H,6-7H2,1-5H3/i4D3,5D3,8D. The molecule has 1 aliphatic heterocycles. The average Bonchev–Trinajstić information content (AvgIpc) is 1.90. The number of hydrogen-bond donors (Lipinski definition) is 0.